The van der Waals surface area contributed by atoms with Crippen molar-refractivity contribution < 1.29 is 0 Å². The van der Waals surface area contributed by atoms with Gasteiger partial charge in [-0.15, -0.1) is 0 Å². The van der Waals surface area contributed by atoms with Crippen LogP contribution in [-0.2, 0) is 0 Å². The summed E-state index contributed by atoms with van der Waals surface area (Å²) in [6.45, 7) is 0. The number of nitrogens with one attached hydrogen (secondary N) is 1. The largest absolute Gasteiger partial charge is 0.372 e. The standard InChI is InChI=1S/C12H10N4/c1-14-12-9(7-13)6-10(8-16-12)11-4-2-3-5-15-11/h2-6,8H,1H3,(H,14,16). The van der Waals surface area contributed by atoms with Crippen molar-refractivity contribution in [1.82, 2.24) is 9.97 Å². The summed E-state index contributed by atoms with van der Waals surface area (Å²) in [6, 6.07) is 9.52. The highest BCUT2D eigenvalue weighted by molar-refractivity contribution is 5.64. The van der Waals surface area contributed by atoms with Crippen molar-refractivity contribution in [3.05, 3.63) is 42.2 Å². The number of pyridine rings is 2. The number of hydrogen-bond donors (Lipinski definition) is 1. The highest BCUT2D eigenvalue weighted by Crippen LogP contribution is 2.20. The van der Waals surface area contributed by atoms with Gasteiger partial charge in [-0.3, -0.25) is 4.98 Å². The first-order chi connectivity index (χ1) is 7.85. The van der Waals surface area contributed by atoms with Crippen LogP contribution in [0.2, 0.25) is 0 Å². The zero-order valence-electron chi connectivity index (χ0n) is 8.81. The van der Waals surface area contributed by atoms with Crippen molar-refractivity contribution in [2.24, 2.45) is 0 Å². The van der Waals surface area contributed by atoms with Crippen LogP contribution in [0.15, 0.2) is 36.7 Å². The fourth-order valence-electron chi connectivity index (χ4n) is 1.42. The third kappa shape index (κ3) is 1.84. The fourth-order valence-corrected chi connectivity index (χ4v) is 1.42. The average Bonchev–Trinajstić information content (AvgIpc) is 2.39. The lowest BCUT2D eigenvalue weighted by atomic mass is 10.1. The van der Waals surface area contributed by atoms with Gasteiger partial charge in [0.05, 0.1) is 11.3 Å². The number of anilines is 1. The Hall–Kier alpha value is -2.41. The Labute approximate surface area is 93.6 Å². The highest BCUT2D eigenvalue weighted by atomic mass is 15.0. The van der Waals surface area contributed by atoms with E-state index in [4.69, 9.17) is 5.26 Å². The second-order valence-corrected chi connectivity index (χ2v) is 3.20. The molecule has 0 saturated heterocycles. The Morgan fingerprint density at radius 3 is 2.81 bits per heavy atom. The number of nitriles is 1. The molecule has 0 radical (unpaired) electrons. The van der Waals surface area contributed by atoms with Crippen molar-refractivity contribution >= 4 is 5.82 Å². The van der Waals surface area contributed by atoms with Crippen molar-refractivity contribution in [3.8, 4) is 17.3 Å². The van der Waals surface area contributed by atoms with Gasteiger partial charge in [-0.05, 0) is 18.2 Å². The molecule has 0 aliphatic rings. The molecule has 0 fully saturated rings. The molecule has 0 spiro atoms. The van der Waals surface area contributed by atoms with E-state index in [9.17, 15) is 0 Å². The summed E-state index contributed by atoms with van der Waals surface area (Å²) in [4.78, 5) is 8.38. The quantitative estimate of drug-likeness (QED) is 0.824. The topological polar surface area (TPSA) is 61.6 Å². The van der Waals surface area contributed by atoms with Gasteiger partial charge >= 0.3 is 0 Å². The molecule has 4 heteroatoms. The van der Waals surface area contributed by atoms with Crippen molar-refractivity contribution in [3.63, 3.8) is 0 Å². The fraction of sp³-hybridized carbons (Fsp3) is 0.0833. The van der Waals surface area contributed by atoms with E-state index in [-0.39, 0.29) is 0 Å². The van der Waals surface area contributed by atoms with Crippen LogP contribution in [-0.4, -0.2) is 17.0 Å². The molecule has 78 valence electrons. The Morgan fingerprint density at radius 1 is 1.31 bits per heavy atom. The normalized spacial score (nSPS) is 9.50. The number of aromatic nitrogens is 2. The molecule has 2 rings (SSSR count). The van der Waals surface area contributed by atoms with Crippen molar-refractivity contribution in [1.29, 1.82) is 5.26 Å². The molecule has 4 nitrogen and oxygen atoms in total. The first kappa shape index (κ1) is 10.1. The summed E-state index contributed by atoms with van der Waals surface area (Å²) < 4.78 is 0. The van der Waals surface area contributed by atoms with E-state index < -0.39 is 0 Å². The van der Waals surface area contributed by atoms with Crippen LogP contribution in [0.25, 0.3) is 11.3 Å². The molecule has 2 aromatic rings. The van der Waals surface area contributed by atoms with Crippen LogP contribution in [0.4, 0.5) is 5.82 Å². The molecule has 0 aromatic carbocycles. The van der Waals surface area contributed by atoms with Gasteiger partial charge in [-0.1, -0.05) is 6.07 Å². The smallest absolute Gasteiger partial charge is 0.143 e. The lowest BCUT2D eigenvalue weighted by molar-refractivity contribution is 1.24. The van der Waals surface area contributed by atoms with Crippen LogP contribution in [0.5, 0.6) is 0 Å². The van der Waals surface area contributed by atoms with Gasteiger partial charge in [0, 0.05) is 25.0 Å². The van der Waals surface area contributed by atoms with Crippen LogP contribution < -0.4 is 5.32 Å². The van der Waals surface area contributed by atoms with E-state index in [2.05, 4.69) is 21.4 Å². The monoisotopic (exact) mass is 210 g/mol. The molecule has 16 heavy (non-hydrogen) atoms. The molecule has 2 heterocycles. The van der Waals surface area contributed by atoms with Crippen molar-refractivity contribution in [2.45, 2.75) is 0 Å². The summed E-state index contributed by atoms with van der Waals surface area (Å²) in [5.41, 5.74) is 2.18. The second kappa shape index (κ2) is 4.41. The minimum atomic E-state index is 0.519. The second-order valence-electron chi connectivity index (χ2n) is 3.20. The van der Waals surface area contributed by atoms with E-state index in [1.54, 1.807) is 25.5 Å². The maximum absolute atomic E-state index is 8.97. The molecular formula is C12H10N4. The van der Waals surface area contributed by atoms with Gasteiger partial charge in [-0.25, -0.2) is 4.98 Å². The van der Waals surface area contributed by atoms with Gasteiger partial charge in [0.25, 0.3) is 0 Å². The summed E-state index contributed by atoms with van der Waals surface area (Å²) >= 11 is 0. The molecule has 0 bridgehead atoms. The maximum atomic E-state index is 8.97. The Morgan fingerprint density at radius 2 is 2.19 bits per heavy atom. The summed E-state index contributed by atoms with van der Waals surface area (Å²) in [7, 11) is 1.74. The predicted molar refractivity (Wildman–Crippen MR) is 61.7 cm³/mol. The summed E-state index contributed by atoms with van der Waals surface area (Å²) in [5.74, 6) is 0.585. The molecular weight excluding hydrogens is 200 g/mol. The molecule has 0 aliphatic carbocycles. The molecule has 0 saturated carbocycles. The minimum Gasteiger partial charge on any atom is -0.372 e. The predicted octanol–water partition coefficient (Wildman–Crippen LogP) is 2.06. The Balaban J connectivity index is 2.49. The van der Waals surface area contributed by atoms with E-state index in [0.29, 0.717) is 11.4 Å². The van der Waals surface area contributed by atoms with Gasteiger partial charge in [0.1, 0.15) is 11.9 Å². The minimum absolute atomic E-state index is 0.519. The van der Waals surface area contributed by atoms with E-state index in [1.807, 2.05) is 18.2 Å². The van der Waals surface area contributed by atoms with Crippen LogP contribution in [0.1, 0.15) is 5.56 Å². The van der Waals surface area contributed by atoms with Crippen LogP contribution in [0, 0.1) is 11.3 Å². The summed E-state index contributed by atoms with van der Waals surface area (Å²) in [5, 5.41) is 11.8. The van der Waals surface area contributed by atoms with Crippen molar-refractivity contribution in [2.75, 3.05) is 12.4 Å². The first-order valence-electron chi connectivity index (χ1n) is 4.84. The van der Waals surface area contributed by atoms with E-state index in [1.165, 1.54) is 0 Å². The third-order valence-electron chi connectivity index (χ3n) is 2.21. The maximum Gasteiger partial charge on any atom is 0.143 e. The average molecular weight is 210 g/mol. The Bertz CT molecular complexity index is 528. The zero-order chi connectivity index (χ0) is 11.4. The number of nitrogens with zero attached hydrogens (tertiary/aromatic N) is 3. The molecule has 0 atom stereocenters. The third-order valence-corrected chi connectivity index (χ3v) is 2.21. The Kier molecular flexibility index (Phi) is 2.79. The van der Waals surface area contributed by atoms with Crippen LogP contribution in [0.3, 0.4) is 0 Å². The van der Waals surface area contributed by atoms with E-state index >= 15 is 0 Å². The summed E-state index contributed by atoms with van der Waals surface area (Å²) in [6.07, 6.45) is 3.42. The number of rotatable bonds is 2. The first-order valence-corrected chi connectivity index (χ1v) is 4.84. The lowest BCUT2D eigenvalue weighted by Crippen LogP contribution is -1.96. The van der Waals surface area contributed by atoms with Crippen LogP contribution >= 0.6 is 0 Å². The molecule has 2 aromatic heterocycles. The van der Waals surface area contributed by atoms with Gasteiger partial charge in [-0.2, -0.15) is 5.26 Å². The highest BCUT2D eigenvalue weighted by Gasteiger charge is 2.05. The molecule has 1 N–H and O–H groups in total. The number of hydrogen-bond acceptors (Lipinski definition) is 4. The molecule has 0 aliphatic heterocycles. The molecule has 0 amide bonds. The SMILES string of the molecule is CNc1ncc(-c2ccccn2)cc1C#N. The van der Waals surface area contributed by atoms with Gasteiger partial charge in [0.2, 0.25) is 0 Å². The van der Waals surface area contributed by atoms with Gasteiger partial charge < -0.3 is 5.32 Å². The zero-order valence-corrected chi connectivity index (χ0v) is 8.81. The lowest BCUT2D eigenvalue weighted by Gasteiger charge is -2.04. The molecule has 0 unspecified atom stereocenters. The van der Waals surface area contributed by atoms with E-state index in [0.717, 1.165) is 11.3 Å². The van der Waals surface area contributed by atoms with Gasteiger partial charge in [0.15, 0.2) is 0 Å².